The quantitative estimate of drug-likeness (QED) is 0.427. The number of nitrogens with zero attached hydrogens (tertiary/aromatic N) is 1. The second-order valence-corrected chi connectivity index (χ2v) is 6.67. The summed E-state index contributed by atoms with van der Waals surface area (Å²) in [5.41, 5.74) is -2.01. The predicted molar refractivity (Wildman–Crippen MR) is 97.5 cm³/mol. The smallest absolute Gasteiger partial charge is 0.338 e. The molecule has 0 unspecified atom stereocenters. The van der Waals surface area contributed by atoms with Crippen LogP contribution in [0, 0.1) is 16.0 Å². The molecule has 0 saturated carbocycles. The maximum absolute atomic E-state index is 12.7. The lowest BCUT2D eigenvalue weighted by Gasteiger charge is -2.41. The lowest BCUT2D eigenvalue weighted by molar-refractivity contribution is -0.384. The van der Waals surface area contributed by atoms with E-state index < -0.39 is 40.1 Å². The van der Waals surface area contributed by atoms with Gasteiger partial charge in [0.15, 0.2) is 0 Å². The minimum absolute atomic E-state index is 0.0255. The highest BCUT2D eigenvalue weighted by Gasteiger charge is 2.52. The number of hydrogen-bond donors (Lipinski definition) is 2. The first-order chi connectivity index (χ1) is 13.1. The molecule has 9 heteroatoms. The van der Waals surface area contributed by atoms with Crippen LogP contribution in [0.1, 0.15) is 38.7 Å². The van der Waals surface area contributed by atoms with Crippen LogP contribution >= 0.6 is 0 Å². The molecule has 0 bridgehead atoms. The molecule has 0 aromatic heterocycles. The van der Waals surface area contributed by atoms with Crippen molar-refractivity contribution in [3.05, 3.63) is 51.3 Å². The highest BCUT2D eigenvalue weighted by atomic mass is 16.6. The first-order valence-electron chi connectivity index (χ1n) is 8.86. The SMILES string of the molecule is CCOC(=O)C1=C(O)C[C@@](C)(O)[C@H](C(=O)OCC)[C@@H]1c1cccc([N+](=O)[O-])c1. The Morgan fingerprint density at radius 2 is 1.93 bits per heavy atom. The molecule has 152 valence electrons. The Kier molecular flexibility index (Phi) is 6.40. The Bertz CT molecular complexity index is 814. The summed E-state index contributed by atoms with van der Waals surface area (Å²) in [7, 11) is 0. The molecule has 0 fully saturated rings. The molecule has 2 rings (SSSR count). The van der Waals surface area contributed by atoms with Gasteiger partial charge in [0, 0.05) is 24.5 Å². The van der Waals surface area contributed by atoms with Crippen molar-refractivity contribution in [3.8, 4) is 0 Å². The van der Waals surface area contributed by atoms with Crippen LogP contribution in [0.5, 0.6) is 0 Å². The molecule has 0 saturated heterocycles. The summed E-state index contributed by atoms with van der Waals surface area (Å²) in [5, 5.41) is 32.5. The van der Waals surface area contributed by atoms with Gasteiger partial charge in [-0.2, -0.15) is 0 Å². The molecule has 1 aliphatic carbocycles. The predicted octanol–water partition coefficient (Wildman–Crippen LogP) is 2.39. The number of aliphatic hydroxyl groups excluding tert-OH is 1. The topological polar surface area (TPSA) is 136 Å². The fourth-order valence-corrected chi connectivity index (χ4v) is 3.52. The summed E-state index contributed by atoms with van der Waals surface area (Å²) >= 11 is 0. The summed E-state index contributed by atoms with van der Waals surface area (Å²) < 4.78 is 10.1. The van der Waals surface area contributed by atoms with Crippen LogP contribution in [-0.4, -0.2) is 45.9 Å². The van der Waals surface area contributed by atoms with Crippen molar-refractivity contribution in [1.29, 1.82) is 0 Å². The van der Waals surface area contributed by atoms with E-state index in [0.29, 0.717) is 0 Å². The van der Waals surface area contributed by atoms with E-state index in [2.05, 4.69) is 0 Å². The molecule has 0 amide bonds. The third kappa shape index (κ3) is 4.14. The summed E-state index contributed by atoms with van der Waals surface area (Å²) in [4.78, 5) is 35.8. The number of aliphatic hydroxyl groups is 2. The Balaban J connectivity index is 2.72. The number of non-ortho nitro benzene ring substituents is 1. The number of benzene rings is 1. The fraction of sp³-hybridized carbons (Fsp3) is 0.474. The average Bonchev–Trinajstić information content (AvgIpc) is 2.60. The van der Waals surface area contributed by atoms with Crippen molar-refractivity contribution in [2.24, 2.45) is 5.92 Å². The number of carbonyl (C=O) groups excluding carboxylic acids is 2. The Morgan fingerprint density at radius 1 is 1.29 bits per heavy atom. The zero-order chi connectivity index (χ0) is 21.1. The number of ether oxygens (including phenoxy) is 2. The normalized spacial score (nSPS) is 24.6. The molecule has 3 atom stereocenters. The molecule has 0 aliphatic heterocycles. The molecule has 0 spiro atoms. The van der Waals surface area contributed by atoms with E-state index in [0.717, 1.165) is 0 Å². The van der Waals surface area contributed by atoms with Crippen LogP contribution in [-0.2, 0) is 19.1 Å². The number of hydrogen-bond acceptors (Lipinski definition) is 8. The van der Waals surface area contributed by atoms with Crippen molar-refractivity contribution in [1.82, 2.24) is 0 Å². The van der Waals surface area contributed by atoms with Crippen LogP contribution < -0.4 is 0 Å². The average molecular weight is 393 g/mol. The molecule has 1 aromatic carbocycles. The standard InChI is InChI=1S/C19H23NO8/c1-4-27-17(22)15-13(21)10-19(3,24)16(18(23)28-5-2)14(15)11-7-6-8-12(9-11)20(25)26/h6-9,14,16,21,24H,4-5,10H2,1-3H3/t14-,16+,19-/m1/s1. The third-order valence-corrected chi connectivity index (χ3v) is 4.63. The Morgan fingerprint density at radius 3 is 2.50 bits per heavy atom. The maximum atomic E-state index is 12.7. The van der Waals surface area contributed by atoms with Gasteiger partial charge in [0.1, 0.15) is 5.76 Å². The second kappa shape index (κ2) is 8.39. The fourth-order valence-electron chi connectivity index (χ4n) is 3.52. The Hall–Kier alpha value is -2.94. The van der Waals surface area contributed by atoms with Gasteiger partial charge in [-0.1, -0.05) is 12.1 Å². The van der Waals surface area contributed by atoms with Crippen LogP contribution in [0.3, 0.4) is 0 Å². The van der Waals surface area contributed by atoms with Crippen molar-refractivity contribution in [3.63, 3.8) is 0 Å². The van der Waals surface area contributed by atoms with E-state index in [-0.39, 0.29) is 36.5 Å². The zero-order valence-electron chi connectivity index (χ0n) is 15.9. The molecule has 0 radical (unpaired) electrons. The maximum Gasteiger partial charge on any atom is 0.338 e. The molecule has 9 nitrogen and oxygen atoms in total. The van der Waals surface area contributed by atoms with E-state index in [1.807, 2.05) is 0 Å². The lowest BCUT2D eigenvalue weighted by atomic mass is 9.66. The van der Waals surface area contributed by atoms with Gasteiger partial charge in [-0.25, -0.2) is 4.79 Å². The first-order valence-corrected chi connectivity index (χ1v) is 8.86. The number of nitro benzene ring substituents is 1. The highest BCUT2D eigenvalue weighted by Crippen LogP contribution is 2.47. The summed E-state index contributed by atoms with van der Waals surface area (Å²) in [6.07, 6.45) is -0.365. The lowest BCUT2D eigenvalue weighted by Crippen LogP contribution is -2.49. The molecule has 2 N–H and O–H groups in total. The largest absolute Gasteiger partial charge is 0.512 e. The van der Waals surface area contributed by atoms with Gasteiger partial charge in [0.05, 0.1) is 35.2 Å². The second-order valence-electron chi connectivity index (χ2n) is 6.67. The molecule has 1 aliphatic rings. The van der Waals surface area contributed by atoms with Crippen molar-refractivity contribution in [2.45, 2.75) is 38.7 Å². The summed E-state index contributed by atoms with van der Waals surface area (Å²) in [5.74, 6) is -4.52. The van der Waals surface area contributed by atoms with Crippen molar-refractivity contribution < 1.29 is 34.2 Å². The molecular weight excluding hydrogens is 370 g/mol. The Labute approximate surface area is 161 Å². The van der Waals surface area contributed by atoms with Gasteiger partial charge in [-0.3, -0.25) is 14.9 Å². The highest BCUT2D eigenvalue weighted by molar-refractivity contribution is 5.93. The molecule has 28 heavy (non-hydrogen) atoms. The van der Waals surface area contributed by atoms with Crippen LogP contribution in [0.25, 0.3) is 0 Å². The van der Waals surface area contributed by atoms with Gasteiger partial charge in [0.2, 0.25) is 0 Å². The zero-order valence-corrected chi connectivity index (χ0v) is 15.9. The van der Waals surface area contributed by atoms with Gasteiger partial charge in [-0.15, -0.1) is 0 Å². The number of carbonyl (C=O) groups is 2. The number of esters is 2. The first kappa shape index (κ1) is 21.4. The minimum atomic E-state index is -1.75. The molecular formula is C19H23NO8. The molecule has 0 heterocycles. The van der Waals surface area contributed by atoms with Gasteiger partial charge in [0.25, 0.3) is 5.69 Å². The minimum Gasteiger partial charge on any atom is -0.512 e. The van der Waals surface area contributed by atoms with E-state index in [9.17, 15) is 29.9 Å². The van der Waals surface area contributed by atoms with E-state index in [1.165, 1.54) is 31.2 Å². The number of rotatable bonds is 6. The van der Waals surface area contributed by atoms with Gasteiger partial charge >= 0.3 is 11.9 Å². The van der Waals surface area contributed by atoms with Crippen molar-refractivity contribution >= 4 is 17.6 Å². The van der Waals surface area contributed by atoms with E-state index in [4.69, 9.17) is 9.47 Å². The van der Waals surface area contributed by atoms with E-state index in [1.54, 1.807) is 13.8 Å². The van der Waals surface area contributed by atoms with Crippen LogP contribution in [0.2, 0.25) is 0 Å². The van der Waals surface area contributed by atoms with Crippen LogP contribution in [0.4, 0.5) is 5.69 Å². The van der Waals surface area contributed by atoms with Crippen molar-refractivity contribution in [2.75, 3.05) is 13.2 Å². The third-order valence-electron chi connectivity index (χ3n) is 4.63. The van der Waals surface area contributed by atoms with E-state index >= 15 is 0 Å². The molecule has 1 aromatic rings. The van der Waals surface area contributed by atoms with Gasteiger partial charge < -0.3 is 19.7 Å². The van der Waals surface area contributed by atoms with Crippen LogP contribution in [0.15, 0.2) is 35.6 Å². The summed E-state index contributed by atoms with van der Waals surface area (Å²) in [6.45, 7) is 4.59. The van der Waals surface area contributed by atoms with Gasteiger partial charge in [-0.05, 0) is 26.3 Å². The monoisotopic (exact) mass is 393 g/mol. The summed E-state index contributed by atoms with van der Waals surface area (Å²) in [6, 6.07) is 5.35. The number of nitro groups is 1.